The van der Waals surface area contributed by atoms with Crippen LogP contribution in [0, 0.1) is 0 Å². The van der Waals surface area contributed by atoms with Gasteiger partial charge in [0.25, 0.3) is 0 Å². The van der Waals surface area contributed by atoms with Gasteiger partial charge in [0.2, 0.25) is 0 Å². The number of aromatic nitrogens is 2. The van der Waals surface area contributed by atoms with Crippen molar-refractivity contribution in [2.24, 2.45) is 0 Å². The molecular formula is C12H8F3N3O3. The molecule has 0 saturated carbocycles. The summed E-state index contributed by atoms with van der Waals surface area (Å²) < 4.78 is 40.2. The zero-order valence-corrected chi connectivity index (χ0v) is 10.3. The van der Waals surface area contributed by atoms with E-state index < -0.39 is 23.8 Å². The zero-order valence-electron chi connectivity index (χ0n) is 10.3. The second-order valence-electron chi connectivity index (χ2n) is 3.87. The second-order valence-corrected chi connectivity index (χ2v) is 3.87. The number of carboxylic acids is 1. The van der Waals surface area contributed by atoms with Gasteiger partial charge in [0.1, 0.15) is 5.75 Å². The molecule has 2 rings (SSSR count). The predicted molar refractivity (Wildman–Crippen MR) is 65.5 cm³/mol. The van der Waals surface area contributed by atoms with Gasteiger partial charge in [-0.1, -0.05) is 12.1 Å². The van der Waals surface area contributed by atoms with E-state index in [4.69, 9.17) is 10.8 Å². The maximum atomic E-state index is 12.2. The molecule has 2 aromatic rings. The Labute approximate surface area is 116 Å². The standard InChI is InChI=1S/C12H8F3N3O3/c13-12(14,15)21-7-3-1-2-6(4-7)8-5-17-10(16)9(18-8)11(19)20/h1-5H,(H2,16,17)(H,19,20). The van der Waals surface area contributed by atoms with Crippen LogP contribution in [0.25, 0.3) is 11.3 Å². The maximum Gasteiger partial charge on any atom is 0.573 e. The van der Waals surface area contributed by atoms with Crippen molar-refractivity contribution in [3.8, 4) is 17.0 Å². The van der Waals surface area contributed by atoms with E-state index in [0.29, 0.717) is 0 Å². The first-order chi connectivity index (χ1) is 9.76. The van der Waals surface area contributed by atoms with Crippen molar-refractivity contribution in [3.05, 3.63) is 36.2 Å². The first kappa shape index (κ1) is 14.6. The Hall–Kier alpha value is -2.84. The van der Waals surface area contributed by atoms with Crippen molar-refractivity contribution < 1.29 is 27.8 Å². The molecule has 0 saturated heterocycles. The van der Waals surface area contributed by atoms with Crippen LogP contribution in [0.1, 0.15) is 10.5 Å². The molecule has 0 amide bonds. The van der Waals surface area contributed by atoms with Crippen LogP contribution in [0.15, 0.2) is 30.5 Å². The van der Waals surface area contributed by atoms with Gasteiger partial charge in [-0.05, 0) is 12.1 Å². The fourth-order valence-corrected chi connectivity index (χ4v) is 1.55. The summed E-state index contributed by atoms with van der Waals surface area (Å²) in [5, 5.41) is 8.89. The second kappa shape index (κ2) is 5.27. The van der Waals surface area contributed by atoms with Crippen LogP contribution in [0.2, 0.25) is 0 Å². The van der Waals surface area contributed by atoms with Crippen LogP contribution in [-0.4, -0.2) is 27.4 Å². The highest BCUT2D eigenvalue weighted by Gasteiger charge is 2.31. The number of carboxylic acid groups (broad SMARTS) is 1. The number of carbonyl (C=O) groups is 1. The van der Waals surface area contributed by atoms with Crippen LogP contribution in [-0.2, 0) is 0 Å². The van der Waals surface area contributed by atoms with Crippen LogP contribution < -0.4 is 10.5 Å². The van der Waals surface area contributed by atoms with E-state index in [1.54, 1.807) is 0 Å². The van der Waals surface area contributed by atoms with Crippen molar-refractivity contribution in [1.82, 2.24) is 9.97 Å². The highest BCUT2D eigenvalue weighted by atomic mass is 19.4. The molecule has 21 heavy (non-hydrogen) atoms. The smallest absolute Gasteiger partial charge is 0.476 e. The molecule has 3 N–H and O–H groups in total. The minimum absolute atomic E-state index is 0.0641. The van der Waals surface area contributed by atoms with Crippen molar-refractivity contribution in [2.75, 3.05) is 5.73 Å². The monoisotopic (exact) mass is 299 g/mol. The number of hydrogen-bond acceptors (Lipinski definition) is 5. The van der Waals surface area contributed by atoms with E-state index in [1.807, 2.05) is 0 Å². The summed E-state index contributed by atoms with van der Waals surface area (Å²) in [6.07, 6.45) is -3.66. The van der Waals surface area contributed by atoms with Gasteiger partial charge in [-0.25, -0.2) is 14.8 Å². The quantitative estimate of drug-likeness (QED) is 0.902. The first-order valence-corrected chi connectivity index (χ1v) is 5.48. The molecule has 0 atom stereocenters. The van der Waals surface area contributed by atoms with Crippen LogP contribution in [0.3, 0.4) is 0 Å². The van der Waals surface area contributed by atoms with Gasteiger partial charge in [0.05, 0.1) is 11.9 Å². The minimum atomic E-state index is -4.82. The van der Waals surface area contributed by atoms with E-state index >= 15 is 0 Å². The molecule has 0 bridgehead atoms. The summed E-state index contributed by atoms with van der Waals surface area (Å²) in [5.41, 5.74) is 5.16. The number of halogens is 3. The summed E-state index contributed by atoms with van der Waals surface area (Å²) in [5.74, 6) is -2.12. The van der Waals surface area contributed by atoms with Crippen LogP contribution >= 0.6 is 0 Å². The number of rotatable bonds is 3. The van der Waals surface area contributed by atoms with Gasteiger partial charge in [-0.2, -0.15) is 0 Å². The summed E-state index contributed by atoms with van der Waals surface area (Å²) in [6, 6.07) is 4.93. The number of nitrogens with zero attached hydrogens (tertiary/aromatic N) is 2. The minimum Gasteiger partial charge on any atom is -0.476 e. The molecule has 0 radical (unpaired) electrons. The number of anilines is 1. The number of ether oxygens (including phenoxy) is 1. The third kappa shape index (κ3) is 3.59. The molecule has 110 valence electrons. The first-order valence-electron chi connectivity index (χ1n) is 5.48. The van der Waals surface area contributed by atoms with E-state index in [-0.39, 0.29) is 17.1 Å². The lowest BCUT2D eigenvalue weighted by atomic mass is 10.1. The molecule has 0 aliphatic carbocycles. The third-order valence-corrected chi connectivity index (χ3v) is 2.37. The largest absolute Gasteiger partial charge is 0.573 e. The Morgan fingerprint density at radius 3 is 2.67 bits per heavy atom. The Balaban J connectivity index is 2.41. The highest BCUT2D eigenvalue weighted by molar-refractivity contribution is 5.90. The normalized spacial score (nSPS) is 11.2. The molecule has 0 unspecified atom stereocenters. The lowest BCUT2D eigenvalue weighted by Gasteiger charge is -2.10. The molecule has 0 spiro atoms. The van der Waals surface area contributed by atoms with Gasteiger partial charge < -0.3 is 15.6 Å². The van der Waals surface area contributed by atoms with E-state index in [0.717, 1.165) is 18.3 Å². The van der Waals surface area contributed by atoms with Gasteiger partial charge in [0.15, 0.2) is 11.5 Å². The maximum absolute atomic E-state index is 12.2. The molecule has 1 aromatic carbocycles. The predicted octanol–water partition coefficient (Wildman–Crippen LogP) is 2.32. The topological polar surface area (TPSA) is 98.3 Å². The molecule has 0 aliphatic rings. The van der Waals surface area contributed by atoms with Gasteiger partial charge >= 0.3 is 12.3 Å². The van der Waals surface area contributed by atoms with Crippen molar-refractivity contribution in [1.29, 1.82) is 0 Å². The SMILES string of the molecule is Nc1ncc(-c2cccc(OC(F)(F)F)c2)nc1C(=O)O. The van der Waals surface area contributed by atoms with Crippen molar-refractivity contribution >= 4 is 11.8 Å². The van der Waals surface area contributed by atoms with E-state index in [1.165, 1.54) is 12.1 Å². The zero-order chi connectivity index (χ0) is 15.6. The Kier molecular flexibility index (Phi) is 3.66. The average molecular weight is 299 g/mol. The molecular weight excluding hydrogens is 291 g/mol. The third-order valence-electron chi connectivity index (χ3n) is 2.37. The number of alkyl halides is 3. The summed E-state index contributed by atoms with van der Waals surface area (Å²) in [7, 11) is 0. The lowest BCUT2D eigenvalue weighted by molar-refractivity contribution is -0.274. The fourth-order valence-electron chi connectivity index (χ4n) is 1.55. The van der Waals surface area contributed by atoms with E-state index in [9.17, 15) is 18.0 Å². The fraction of sp³-hybridized carbons (Fsp3) is 0.0833. The van der Waals surface area contributed by atoms with Crippen molar-refractivity contribution in [3.63, 3.8) is 0 Å². The Bertz CT molecular complexity index is 689. The van der Waals surface area contributed by atoms with Gasteiger partial charge in [-0.3, -0.25) is 0 Å². The molecule has 1 heterocycles. The summed E-state index contributed by atoms with van der Waals surface area (Å²) in [6.45, 7) is 0. The summed E-state index contributed by atoms with van der Waals surface area (Å²) >= 11 is 0. The molecule has 6 nitrogen and oxygen atoms in total. The van der Waals surface area contributed by atoms with Crippen molar-refractivity contribution in [2.45, 2.75) is 6.36 Å². The van der Waals surface area contributed by atoms with Gasteiger partial charge in [-0.15, -0.1) is 13.2 Å². The van der Waals surface area contributed by atoms with Crippen LogP contribution in [0.4, 0.5) is 19.0 Å². The molecule has 9 heteroatoms. The van der Waals surface area contributed by atoms with Gasteiger partial charge in [0, 0.05) is 5.56 Å². The molecule has 1 aromatic heterocycles. The Morgan fingerprint density at radius 1 is 1.33 bits per heavy atom. The number of nitrogen functional groups attached to an aromatic ring is 1. The number of benzene rings is 1. The Morgan fingerprint density at radius 2 is 2.05 bits per heavy atom. The number of aromatic carboxylic acids is 1. The molecule has 0 fully saturated rings. The van der Waals surface area contributed by atoms with Crippen LogP contribution in [0.5, 0.6) is 5.75 Å². The lowest BCUT2D eigenvalue weighted by Crippen LogP contribution is -2.17. The highest BCUT2D eigenvalue weighted by Crippen LogP contribution is 2.27. The average Bonchev–Trinajstić information content (AvgIpc) is 2.37. The molecule has 0 aliphatic heterocycles. The van der Waals surface area contributed by atoms with E-state index in [2.05, 4.69) is 14.7 Å². The number of nitrogens with two attached hydrogens (primary N) is 1. The summed E-state index contributed by atoms with van der Waals surface area (Å²) in [4.78, 5) is 18.3. The number of hydrogen-bond donors (Lipinski definition) is 2.